The van der Waals surface area contributed by atoms with Crippen molar-refractivity contribution in [2.45, 2.75) is 6.92 Å². The van der Waals surface area contributed by atoms with Gasteiger partial charge in [-0.05, 0) is 25.1 Å². The molecule has 0 spiro atoms. The molecule has 1 amide bonds. The topological polar surface area (TPSA) is 149 Å². The van der Waals surface area contributed by atoms with Crippen LogP contribution in [-0.2, 0) is 4.79 Å². The van der Waals surface area contributed by atoms with Crippen LogP contribution in [0.2, 0.25) is 0 Å². The molecular formula is C18H15N5O6. The van der Waals surface area contributed by atoms with E-state index in [-0.39, 0.29) is 22.8 Å². The number of hydrogen-bond donors (Lipinski definition) is 2. The van der Waals surface area contributed by atoms with E-state index in [0.29, 0.717) is 10.9 Å². The Bertz CT molecular complexity index is 1190. The van der Waals surface area contributed by atoms with E-state index in [1.165, 1.54) is 0 Å². The predicted molar refractivity (Wildman–Crippen MR) is 103 cm³/mol. The highest BCUT2D eigenvalue weighted by Crippen LogP contribution is 2.21. The van der Waals surface area contributed by atoms with Crippen LogP contribution in [0.5, 0.6) is 5.75 Å². The third-order valence-corrected chi connectivity index (χ3v) is 3.83. The highest BCUT2D eigenvalue weighted by atomic mass is 16.7. The van der Waals surface area contributed by atoms with E-state index in [0.717, 1.165) is 29.1 Å². The predicted octanol–water partition coefficient (Wildman–Crippen LogP) is 0.898. The fraction of sp³-hybridized carbons (Fsp3) is 0.111. The highest BCUT2D eigenvalue weighted by molar-refractivity contribution is 5.86. The second-order valence-corrected chi connectivity index (χ2v) is 5.84. The van der Waals surface area contributed by atoms with Gasteiger partial charge in [0.25, 0.3) is 17.2 Å². The number of benzene rings is 2. The molecule has 0 unspecified atom stereocenters. The monoisotopic (exact) mass is 397 g/mol. The third-order valence-electron chi connectivity index (χ3n) is 3.83. The number of nitrogens with one attached hydrogen (secondary N) is 1. The van der Waals surface area contributed by atoms with Gasteiger partial charge in [-0.3, -0.25) is 19.7 Å². The lowest BCUT2D eigenvalue weighted by molar-refractivity contribution is -0.384. The van der Waals surface area contributed by atoms with Crippen LogP contribution >= 0.6 is 0 Å². The standard InChI is InChI=1S/C18H15N5O6/c1-11-20-15-5-3-2-4-14(15)18(26)22(11)29-10-17(25)21-19-9-12-8-13(23(27)28)6-7-16(12)24/h2-9,24H,10H2,1H3,(H,21,25). The van der Waals surface area contributed by atoms with E-state index in [1.54, 1.807) is 31.2 Å². The van der Waals surface area contributed by atoms with Crippen LogP contribution in [-0.4, -0.2) is 38.5 Å². The summed E-state index contributed by atoms with van der Waals surface area (Å²) in [6.45, 7) is 1.04. The summed E-state index contributed by atoms with van der Waals surface area (Å²) in [5.74, 6) is -0.661. The zero-order valence-electron chi connectivity index (χ0n) is 15.1. The van der Waals surface area contributed by atoms with Crippen LogP contribution in [0.1, 0.15) is 11.4 Å². The SMILES string of the molecule is Cc1nc2ccccc2c(=O)n1OCC(=O)NN=Cc1cc([N+](=O)[O-])ccc1O. The number of phenolic OH excluding ortho intramolecular Hbond substituents is 1. The van der Waals surface area contributed by atoms with Gasteiger partial charge in [0, 0.05) is 17.7 Å². The molecule has 0 atom stereocenters. The summed E-state index contributed by atoms with van der Waals surface area (Å²) in [5.41, 5.74) is 2.01. The molecule has 148 valence electrons. The lowest BCUT2D eigenvalue weighted by Gasteiger charge is -2.11. The van der Waals surface area contributed by atoms with Gasteiger partial charge in [-0.25, -0.2) is 10.4 Å². The number of para-hydroxylation sites is 1. The molecule has 0 aliphatic heterocycles. The second-order valence-electron chi connectivity index (χ2n) is 5.84. The molecule has 0 radical (unpaired) electrons. The molecule has 2 N–H and O–H groups in total. The number of amides is 1. The molecule has 1 aromatic heterocycles. The smallest absolute Gasteiger partial charge is 0.294 e. The van der Waals surface area contributed by atoms with E-state index in [4.69, 9.17) is 4.84 Å². The van der Waals surface area contributed by atoms with E-state index in [9.17, 15) is 24.8 Å². The lowest BCUT2D eigenvalue weighted by atomic mass is 10.2. The van der Waals surface area contributed by atoms with Crippen molar-refractivity contribution < 1.29 is 19.7 Å². The number of aryl methyl sites for hydroxylation is 1. The number of nitro groups is 1. The summed E-state index contributed by atoms with van der Waals surface area (Å²) >= 11 is 0. The zero-order valence-corrected chi connectivity index (χ0v) is 15.1. The van der Waals surface area contributed by atoms with Crippen LogP contribution in [0.15, 0.2) is 52.4 Å². The summed E-state index contributed by atoms with van der Waals surface area (Å²) in [7, 11) is 0. The van der Waals surface area contributed by atoms with E-state index in [2.05, 4.69) is 15.5 Å². The normalized spacial score (nSPS) is 10.9. The van der Waals surface area contributed by atoms with Gasteiger partial charge in [0.05, 0.1) is 22.0 Å². The highest BCUT2D eigenvalue weighted by Gasteiger charge is 2.11. The summed E-state index contributed by atoms with van der Waals surface area (Å²) in [6, 6.07) is 10.1. The quantitative estimate of drug-likeness (QED) is 0.356. The van der Waals surface area contributed by atoms with Crippen LogP contribution in [0.3, 0.4) is 0 Å². The van der Waals surface area contributed by atoms with Crippen LogP contribution in [0.4, 0.5) is 5.69 Å². The Labute approximate surface area is 163 Å². The van der Waals surface area contributed by atoms with E-state index < -0.39 is 23.0 Å². The van der Waals surface area contributed by atoms with Gasteiger partial charge in [-0.2, -0.15) is 5.10 Å². The number of rotatable bonds is 6. The number of nitrogens with zero attached hydrogens (tertiary/aromatic N) is 4. The van der Waals surface area contributed by atoms with E-state index in [1.807, 2.05) is 0 Å². The molecule has 0 saturated carbocycles. The van der Waals surface area contributed by atoms with E-state index >= 15 is 0 Å². The molecule has 0 aliphatic rings. The first kappa shape index (κ1) is 19.5. The molecule has 2 aromatic carbocycles. The Morgan fingerprint density at radius 3 is 2.90 bits per heavy atom. The molecule has 29 heavy (non-hydrogen) atoms. The number of fused-ring (bicyclic) bond motifs is 1. The minimum atomic E-state index is -0.689. The van der Waals surface area contributed by atoms with Crippen molar-refractivity contribution in [2.24, 2.45) is 5.10 Å². The zero-order chi connectivity index (χ0) is 21.0. The first-order valence-corrected chi connectivity index (χ1v) is 8.28. The van der Waals surface area contributed by atoms with Gasteiger partial charge in [-0.15, -0.1) is 4.73 Å². The summed E-state index contributed by atoms with van der Waals surface area (Å²) in [6.07, 6.45) is 1.05. The minimum Gasteiger partial charge on any atom is -0.507 e. The molecule has 0 fully saturated rings. The summed E-state index contributed by atoms with van der Waals surface area (Å²) < 4.78 is 0.915. The fourth-order valence-electron chi connectivity index (χ4n) is 2.47. The van der Waals surface area contributed by atoms with Gasteiger partial charge in [0.2, 0.25) is 0 Å². The molecule has 11 heteroatoms. The second kappa shape index (κ2) is 8.17. The van der Waals surface area contributed by atoms with Crippen molar-refractivity contribution >= 4 is 28.7 Å². The number of aromatic nitrogens is 2. The van der Waals surface area contributed by atoms with Gasteiger partial charge in [0.15, 0.2) is 6.61 Å². The number of nitro benzene ring substituents is 1. The molecule has 0 aliphatic carbocycles. The van der Waals surface area contributed by atoms with Gasteiger partial charge in [0.1, 0.15) is 11.6 Å². The Kier molecular flexibility index (Phi) is 5.49. The molecule has 0 bridgehead atoms. The minimum absolute atomic E-state index is 0.0474. The number of carbonyl (C=O) groups excluding carboxylic acids is 1. The van der Waals surface area contributed by atoms with Gasteiger partial charge >= 0.3 is 0 Å². The first-order valence-electron chi connectivity index (χ1n) is 8.28. The number of phenols is 1. The number of non-ortho nitro benzene ring substituents is 1. The molecule has 3 rings (SSSR count). The largest absolute Gasteiger partial charge is 0.507 e. The van der Waals surface area contributed by atoms with Gasteiger partial charge < -0.3 is 9.94 Å². The Morgan fingerprint density at radius 1 is 1.38 bits per heavy atom. The molecule has 11 nitrogen and oxygen atoms in total. The molecule has 1 heterocycles. The molecular weight excluding hydrogens is 382 g/mol. The van der Waals surface area contributed by atoms with Crippen molar-refractivity contribution in [1.29, 1.82) is 0 Å². The lowest BCUT2D eigenvalue weighted by Crippen LogP contribution is -2.35. The maximum Gasteiger partial charge on any atom is 0.294 e. The maximum absolute atomic E-state index is 12.4. The van der Waals surface area contributed by atoms with Crippen molar-refractivity contribution in [3.8, 4) is 5.75 Å². The Morgan fingerprint density at radius 2 is 2.14 bits per heavy atom. The number of aromatic hydroxyl groups is 1. The summed E-state index contributed by atoms with van der Waals surface area (Å²) in [5, 5.41) is 24.4. The number of hydrogen-bond acceptors (Lipinski definition) is 8. The average molecular weight is 397 g/mol. The fourth-order valence-corrected chi connectivity index (χ4v) is 2.47. The van der Waals surface area contributed by atoms with Crippen LogP contribution < -0.4 is 15.8 Å². The van der Waals surface area contributed by atoms with Crippen molar-refractivity contribution in [2.75, 3.05) is 6.61 Å². The Balaban J connectivity index is 1.66. The first-order chi connectivity index (χ1) is 13.9. The summed E-state index contributed by atoms with van der Waals surface area (Å²) in [4.78, 5) is 43.9. The molecule has 3 aromatic rings. The molecule has 0 saturated heterocycles. The van der Waals surface area contributed by atoms with Crippen molar-refractivity contribution in [1.82, 2.24) is 15.1 Å². The van der Waals surface area contributed by atoms with Crippen molar-refractivity contribution in [3.63, 3.8) is 0 Å². The van der Waals surface area contributed by atoms with Crippen molar-refractivity contribution in [3.05, 3.63) is 74.3 Å². The van der Waals surface area contributed by atoms with Crippen LogP contribution in [0.25, 0.3) is 10.9 Å². The average Bonchev–Trinajstić information content (AvgIpc) is 2.69. The number of carbonyl (C=O) groups is 1. The maximum atomic E-state index is 12.4. The van der Waals surface area contributed by atoms with Crippen LogP contribution in [0, 0.1) is 17.0 Å². The Hall–Kier alpha value is -4.28. The number of hydrazone groups is 1. The van der Waals surface area contributed by atoms with Gasteiger partial charge in [-0.1, -0.05) is 12.1 Å². The third kappa shape index (κ3) is 4.35.